The number of esters is 1. The van der Waals surface area contributed by atoms with E-state index in [-0.39, 0.29) is 29.8 Å². The fourth-order valence-electron chi connectivity index (χ4n) is 4.73. The maximum absolute atomic E-state index is 13.4. The van der Waals surface area contributed by atoms with E-state index in [2.05, 4.69) is 27.3 Å². The molecule has 0 aromatic heterocycles. The molecule has 0 saturated heterocycles. The Morgan fingerprint density at radius 2 is 1.52 bits per heavy atom. The van der Waals surface area contributed by atoms with Gasteiger partial charge in [0, 0.05) is 17.8 Å². The highest BCUT2D eigenvalue weighted by Crippen LogP contribution is 2.30. The fraction of sp³-hybridized carbons (Fsp3) is 0.297. The van der Waals surface area contributed by atoms with Crippen LogP contribution in [0.5, 0.6) is 11.5 Å². The molecular weight excluding hydrogens is 642 g/mol. The standard InChI is InChI=1S/C37H39N5O8/c1-36(2,3)49-29(43)19-18-27(41-35(47)50-37(4,5)6)32(44)40-25-12-9-11-22(20-25)30-31(34(46)42-33(30)45)39-24-14-16-26(17-15-24)48-28-13-8-7-10-23(28)21-38/h7-17,20,27H,18-19H2,1-6H3,(H,40,44)(H,41,47)(H2,39,42,45,46). The van der Waals surface area contributed by atoms with Crippen molar-refractivity contribution in [2.75, 3.05) is 10.6 Å². The van der Waals surface area contributed by atoms with E-state index in [0.717, 1.165) is 0 Å². The zero-order valence-corrected chi connectivity index (χ0v) is 28.6. The lowest BCUT2D eigenvalue weighted by molar-refractivity contribution is -0.155. The number of para-hydroxylation sites is 1. The Morgan fingerprint density at radius 1 is 0.840 bits per heavy atom. The minimum atomic E-state index is -1.17. The topological polar surface area (TPSA) is 185 Å². The van der Waals surface area contributed by atoms with E-state index in [9.17, 15) is 29.2 Å². The van der Waals surface area contributed by atoms with Gasteiger partial charge in [0.25, 0.3) is 11.8 Å². The SMILES string of the molecule is CC(C)(C)OC(=O)CCC(NC(=O)OC(C)(C)C)C(=O)Nc1cccc(C2=C(Nc3ccc(Oc4ccccc4C#N)cc3)C(=O)NC2=O)c1. The fourth-order valence-corrected chi connectivity index (χ4v) is 4.73. The van der Waals surface area contributed by atoms with Gasteiger partial charge >= 0.3 is 12.1 Å². The normalized spacial score (nSPS) is 13.5. The molecular formula is C37H39N5O8. The highest BCUT2D eigenvalue weighted by atomic mass is 16.6. The third-order valence-corrected chi connectivity index (χ3v) is 6.77. The lowest BCUT2D eigenvalue weighted by atomic mass is 10.0. The minimum absolute atomic E-state index is 0.0104. The minimum Gasteiger partial charge on any atom is -0.460 e. The molecule has 0 fully saturated rings. The molecule has 0 aliphatic carbocycles. The molecule has 1 atom stereocenters. The molecule has 1 unspecified atom stereocenters. The molecule has 13 nitrogen and oxygen atoms in total. The second-order valence-corrected chi connectivity index (χ2v) is 13.3. The molecule has 0 bridgehead atoms. The third kappa shape index (κ3) is 10.4. The number of anilines is 2. The number of amides is 4. The van der Waals surface area contributed by atoms with Crippen LogP contribution >= 0.6 is 0 Å². The number of ether oxygens (including phenoxy) is 3. The molecule has 1 aliphatic rings. The molecule has 3 aromatic carbocycles. The monoisotopic (exact) mass is 681 g/mol. The molecule has 4 N–H and O–H groups in total. The van der Waals surface area contributed by atoms with Gasteiger partial charge in [0.1, 0.15) is 40.5 Å². The van der Waals surface area contributed by atoms with E-state index in [4.69, 9.17) is 14.2 Å². The maximum atomic E-state index is 13.4. The van der Waals surface area contributed by atoms with Crippen molar-refractivity contribution in [1.29, 1.82) is 5.26 Å². The predicted molar refractivity (Wildman–Crippen MR) is 185 cm³/mol. The lowest BCUT2D eigenvalue weighted by Gasteiger charge is -2.24. The molecule has 13 heteroatoms. The van der Waals surface area contributed by atoms with E-state index in [1.54, 1.807) is 108 Å². The number of carbonyl (C=O) groups excluding carboxylic acids is 5. The van der Waals surface area contributed by atoms with Crippen LogP contribution in [0.4, 0.5) is 16.2 Å². The van der Waals surface area contributed by atoms with Crippen LogP contribution in [0, 0.1) is 11.3 Å². The Morgan fingerprint density at radius 3 is 2.18 bits per heavy atom. The first-order valence-electron chi connectivity index (χ1n) is 15.8. The van der Waals surface area contributed by atoms with Crippen molar-refractivity contribution in [3.8, 4) is 17.6 Å². The van der Waals surface area contributed by atoms with E-state index >= 15 is 0 Å². The molecule has 4 amide bonds. The number of imide groups is 1. The molecule has 0 spiro atoms. The smallest absolute Gasteiger partial charge is 0.408 e. The molecule has 260 valence electrons. The van der Waals surface area contributed by atoms with Crippen LogP contribution in [-0.4, -0.2) is 47.0 Å². The first-order chi connectivity index (χ1) is 23.5. The van der Waals surface area contributed by atoms with Gasteiger partial charge in [-0.3, -0.25) is 24.5 Å². The van der Waals surface area contributed by atoms with Crippen molar-refractivity contribution >= 4 is 46.7 Å². The number of nitrogens with zero attached hydrogens (tertiary/aromatic N) is 1. The Labute approximate surface area is 290 Å². The van der Waals surface area contributed by atoms with Gasteiger partial charge < -0.3 is 30.2 Å². The number of hydrogen-bond donors (Lipinski definition) is 4. The van der Waals surface area contributed by atoms with Crippen molar-refractivity contribution in [3.05, 3.63) is 89.6 Å². The summed E-state index contributed by atoms with van der Waals surface area (Å²) in [6, 6.07) is 20.6. The Hall–Kier alpha value is -6.16. The van der Waals surface area contributed by atoms with Crippen molar-refractivity contribution in [1.82, 2.24) is 10.6 Å². The van der Waals surface area contributed by atoms with Gasteiger partial charge in [-0.1, -0.05) is 24.3 Å². The van der Waals surface area contributed by atoms with E-state index in [1.807, 2.05) is 0 Å². The first kappa shape index (κ1) is 36.7. The average Bonchev–Trinajstić information content (AvgIpc) is 3.30. The zero-order valence-electron chi connectivity index (χ0n) is 28.6. The second-order valence-electron chi connectivity index (χ2n) is 13.3. The summed E-state index contributed by atoms with van der Waals surface area (Å²) in [4.78, 5) is 64.2. The van der Waals surface area contributed by atoms with Crippen molar-refractivity contribution < 1.29 is 38.2 Å². The van der Waals surface area contributed by atoms with Gasteiger partial charge in [0.2, 0.25) is 5.91 Å². The number of carbonyl (C=O) groups is 5. The molecule has 0 saturated carbocycles. The van der Waals surface area contributed by atoms with Crippen LogP contribution in [0.15, 0.2) is 78.5 Å². The maximum Gasteiger partial charge on any atom is 0.408 e. The Balaban J connectivity index is 1.52. The summed E-state index contributed by atoms with van der Waals surface area (Å²) in [5, 5.41) is 19.8. The predicted octanol–water partition coefficient (Wildman–Crippen LogP) is 5.78. The number of alkyl carbamates (subject to hydrolysis) is 1. The van der Waals surface area contributed by atoms with Crippen LogP contribution in [0.1, 0.15) is 65.5 Å². The van der Waals surface area contributed by atoms with Crippen LogP contribution in [-0.2, 0) is 28.7 Å². The van der Waals surface area contributed by atoms with Gasteiger partial charge in [-0.2, -0.15) is 5.26 Å². The second kappa shape index (κ2) is 15.4. The van der Waals surface area contributed by atoms with Crippen LogP contribution < -0.4 is 26.0 Å². The molecule has 50 heavy (non-hydrogen) atoms. The first-order valence-corrected chi connectivity index (χ1v) is 15.8. The van der Waals surface area contributed by atoms with Gasteiger partial charge in [-0.05, 0) is 102 Å². The molecule has 3 aromatic rings. The van der Waals surface area contributed by atoms with Crippen molar-refractivity contribution in [2.24, 2.45) is 0 Å². The summed E-state index contributed by atoms with van der Waals surface area (Å²) in [6.07, 6.45) is -1.08. The lowest BCUT2D eigenvalue weighted by Crippen LogP contribution is -2.46. The molecule has 1 heterocycles. The summed E-state index contributed by atoms with van der Waals surface area (Å²) >= 11 is 0. The van der Waals surface area contributed by atoms with E-state index < -0.39 is 47.0 Å². The number of nitriles is 1. The Bertz CT molecular complexity index is 1860. The number of benzene rings is 3. The van der Waals surface area contributed by atoms with Crippen LogP contribution in [0.2, 0.25) is 0 Å². The van der Waals surface area contributed by atoms with Gasteiger partial charge in [0.15, 0.2) is 0 Å². The number of hydrogen-bond acceptors (Lipinski definition) is 10. The van der Waals surface area contributed by atoms with E-state index in [0.29, 0.717) is 28.3 Å². The van der Waals surface area contributed by atoms with Crippen LogP contribution in [0.3, 0.4) is 0 Å². The quantitative estimate of drug-likeness (QED) is 0.143. The van der Waals surface area contributed by atoms with Crippen molar-refractivity contribution in [2.45, 2.75) is 71.6 Å². The Kier molecular flexibility index (Phi) is 11.3. The highest BCUT2D eigenvalue weighted by Gasteiger charge is 2.32. The molecule has 0 radical (unpaired) electrons. The van der Waals surface area contributed by atoms with Crippen LogP contribution in [0.25, 0.3) is 5.57 Å². The van der Waals surface area contributed by atoms with Gasteiger partial charge in [-0.25, -0.2) is 4.79 Å². The zero-order chi connectivity index (χ0) is 36.6. The molecule has 4 rings (SSSR count). The summed E-state index contributed by atoms with van der Waals surface area (Å²) in [7, 11) is 0. The summed E-state index contributed by atoms with van der Waals surface area (Å²) in [5.74, 6) is -1.63. The van der Waals surface area contributed by atoms with Crippen molar-refractivity contribution in [3.63, 3.8) is 0 Å². The van der Waals surface area contributed by atoms with Gasteiger partial charge in [0.05, 0.1) is 11.1 Å². The third-order valence-electron chi connectivity index (χ3n) is 6.77. The molecule has 1 aliphatic heterocycles. The average molecular weight is 682 g/mol. The highest BCUT2D eigenvalue weighted by molar-refractivity contribution is 6.36. The summed E-state index contributed by atoms with van der Waals surface area (Å²) < 4.78 is 16.5. The largest absolute Gasteiger partial charge is 0.460 e. The summed E-state index contributed by atoms with van der Waals surface area (Å²) in [6.45, 7) is 10.2. The van der Waals surface area contributed by atoms with Gasteiger partial charge in [-0.15, -0.1) is 0 Å². The number of rotatable bonds is 11. The number of nitrogens with one attached hydrogen (secondary N) is 4. The summed E-state index contributed by atoms with van der Waals surface area (Å²) in [5.41, 5.74) is -0.0808. The van der Waals surface area contributed by atoms with E-state index in [1.165, 1.54) is 6.07 Å².